The Hall–Kier alpha value is -3.90. The van der Waals surface area contributed by atoms with Crippen LogP contribution >= 0.6 is 0 Å². The number of carbonyl (C=O) groups excluding carboxylic acids is 1. The molecule has 1 aliphatic heterocycles. The molecular formula is C29H36N6O5S. The summed E-state index contributed by atoms with van der Waals surface area (Å²) in [5, 5.41) is 5.37. The fourth-order valence-corrected chi connectivity index (χ4v) is 6.11. The Morgan fingerprint density at radius 1 is 1.00 bits per heavy atom. The summed E-state index contributed by atoms with van der Waals surface area (Å²) in [7, 11) is -0.0373. The lowest BCUT2D eigenvalue weighted by Gasteiger charge is -2.24. The molecule has 218 valence electrons. The third-order valence-corrected chi connectivity index (χ3v) is 8.67. The zero-order chi connectivity index (χ0) is 29.0. The fourth-order valence-electron chi connectivity index (χ4n) is 5.24. The number of hydrogen-bond acceptors (Lipinski definition) is 7. The Morgan fingerprint density at radius 3 is 2.59 bits per heavy atom. The fraction of sp³-hybridized carbons (Fsp3) is 0.414. The molecule has 0 aliphatic carbocycles. The van der Waals surface area contributed by atoms with E-state index < -0.39 is 10.0 Å². The van der Waals surface area contributed by atoms with E-state index in [0.29, 0.717) is 62.6 Å². The van der Waals surface area contributed by atoms with Crippen LogP contribution in [0.1, 0.15) is 29.8 Å². The lowest BCUT2D eigenvalue weighted by molar-refractivity contribution is 0.0743. The number of hydrogen-bond donors (Lipinski definition) is 0. The van der Waals surface area contributed by atoms with Crippen molar-refractivity contribution in [3.05, 3.63) is 60.6 Å². The maximum absolute atomic E-state index is 13.8. The zero-order valence-electron chi connectivity index (χ0n) is 23.7. The summed E-state index contributed by atoms with van der Waals surface area (Å²) in [5.74, 6) is 1.73. The van der Waals surface area contributed by atoms with Gasteiger partial charge < -0.3 is 18.9 Å². The molecule has 0 saturated carbocycles. The van der Waals surface area contributed by atoms with Crippen molar-refractivity contribution in [3.8, 4) is 22.9 Å². The van der Waals surface area contributed by atoms with Gasteiger partial charge in [0.05, 0.1) is 18.9 Å². The van der Waals surface area contributed by atoms with Gasteiger partial charge in [-0.3, -0.25) is 9.48 Å². The van der Waals surface area contributed by atoms with Crippen molar-refractivity contribution in [2.45, 2.75) is 25.8 Å². The molecule has 12 heteroatoms. The minimum Gasteiger partial charge on any atom is -0.493 e. The monoisotopic (exact) mass is 580 g/mol. The van der Waals surface area contributed by atoms with E-state index in [9.17, 15) is 13.2 Å². The van der Waals surface area contributed by atoms with E-state index in [1.54, 1.807) is 18.0 Å². The lowest BCUT2D eigenvalue weighted by Crippen LogP contribution is -2.36. The molecule has 41 heavy (non-hydrogen) atoms. The number of carbonyl (C=O) groups is 1. The molecule has 5 rings (SSSR count). The SMILES string of the molecule is COc1ccc2cc1OCCN(S(C)(=O)=O)CCCCN(C(=O)c1nn(C)c3ccccc13)CCCn1ccnc1-2. The number of nitrogens with zero attached hydrogens (tertiary/aromatic N) is 6. The number of aromatic nitrogens is 4. The Kier molecular flexibility index (Phi) is 8.60. The molecule has 2 aromatic carbocycles. The minimum absolute atomic E-state index is 0.126. The molecule has 2 bridgehead atoms. The summed E-state index contributed by atoms with van der Waals surface area (Å²) in [5.41, 5.74) is 2.18. The number of aryl methyl sites for hydroxylation is 2. The second-order valence-electron chi connectivity index (χ2n) is 10.2. The van der Waals surface area contributed by atoms with Crippen LogP contribution in [0.25, 0.3) is 22.3 Å². The topological polar surface area (TPSA) is 112 Å². The van der Waals surface area contributed by atoms with E-state index in [-0.39, 0.29) is 19.1 Å². The van der Waals surface area contributed by atoms with E-state index in [1.165, 1.54) is 10.6 Å². The summed E-state index contributed by atoms with van der Waals surface area (Å²) < 4.78 is 41.8. The molecular weight excluding hydrogens is 544 g/mol. The van der Waals surface area contributed by atoms with Gasteiger partial charge >= 0.3 is 0 Å². The Morgan fingerprint density at radius 2 is 1.78 bits per heavy atom. The van der Waals surface area contributed by atoms with Crippen molar-refractivity contribution in [1.82, 2.24) is 28.5 Å². The number of rotatable bonds is 3. The van der Waals surface area contributed by atoms with Crippen LogP contribution in [0.15, 0.2) is 54.9 Å². The first-order valence-corrected chi connectivity index (χ1v) is 15.6. The van der Waals surface area contributed by atoms with Gasteiger partial charge in [0.2, 0.25) is 10.0 Å². The van der Waals surface area contributed by atoms with Gasteiger partial charge in [0.15, 0.2) is 17.2 Å². The molecule has 0 N–H and O–H groups in total. The molecule has 0 unspecified atom stereocenters. The van der Waals surface area contributed by atoms with Gasteiger partial charge in [-0.1, -0.05) is 18.2 Å². The first-order valence-electron chi connectivity index (χ1n) is 13.7. The highest BCUT2D eigenvalue weighted by Crippen LogP contribution is 2.32. The van der Waals surface area contributed by atoms with E-state index in [1.807, 2.05) is 60.6 Å². The third-order valence-electron chi connectivity index (χ3n) is 7.36. The van der Waals surface area contributed by atoms with E-state index >= 15 is 0 Å². The number of ether oxygens (including phenoxy) is 2. The minimum atomic E-state index is -3.45. The number of fused-ring (bicyclic) bond motifs is 5. The molecule has 0 fully saturated rings. The van der Waals surface area contributed by atoms with Crippen molar-refractivity contribution >= 4 is 26.8 Å². The van der Waals surface area contributed by atoms with Crippen molar-refractivity contribution in [2.75, 3.05) is 46.2 Å². The smallest absolute Gasteiger partial charge is 0.275 e. The van der Waals surface area contributed by atoms with Crippen LogP contribution in [0.3, 0.4) is 0 Å². The molecule has 2 aromatic heterocycles. The number of benzene rings is 2. The van der Waals surface area contributed by atoms with Crippen LogP contribution in [0.4, 0.5) is 0 Å². The molecule has 0 spiro atoms. The van der Waals surface area contributed by atoms with E-state index in [2.05, 4.69) is 14.6 Å². The highest BCUT2D eigenvalue weighted by molar-refractivity contribution is 7.88. The molecule has 4 aromatic rings. The van der Waals surface area contributed by atoms with Gasteiger partial charge in [0.1, 0.15) is 12.4 Å². The Bertz CT molecular complexity index is 1630. The van der Waals surface area contributed by atoms with Crippen LogP contribution in [0.2, 0.25) is 0 Å². The molecule has 1 aliphatic rings. The summed E-state index contributed by atoms with van der Waals surface area (Å²) >= 11 is 0. The number of sulfonamides is 1. The molecule has 0 atom stereocenters. The maximum Gasteiger partial charge on any atom is 0.275 e. The van der Waals surface area contributed by atoms with Crippen molar-refractivity contribution in [1.29, 1.82) is 0 Å². The summed E-state index contributed by atoms with van der Waals surface area (Å²) in [6.45, 7) is 2.37. The number of para-hydroxylation sites is 1. The molecule has 3 heterocycles. The summed E-state index contributed by atoms with van der Waals surface area (Å²) in [6, 6.07) is 13.3. The highest BCUT2D eigenvalue weighted by atomic mass is 32.2. The van der Waals surface area contributed by atoms with Gasteiger partial charge in [-0.25, -0.2) is 13.4 Å². The highest BCUT2D eigenvalue weighted by Gasteiger charge is 2.23. The normalized spacial score (nSPS) is 16.1. The van der Waals surface area contributed by atoms with Gasteiger partial charge in [-0.2, -0.15) is 9.40 Å². The largest absolute Gasteiger partial charge is 0.493 e. The van der Waals surface area contributed by atoms with E-state index in [4.69, 9.17) is 9.47 Å². The molecule has 0 radical (unpaired) electrons. The maximum atomic E-state index is 13.8. The molecule has 0 saturated heterocycles. The number of imidazole rings is 1. The van der Waals surface area contributed by atoms with Crippen molar-refractivity contribution in [2.24, 2.45) is 7.05 Å². The first kappa shape index (κ1) is 28.6. The first-order chi connectivity index (χ1) is 19.8. The number of amides is 1. The van der Waals surface area contributed by atoms with Crippen LogP contribution in [0, 0.1) is 0 Å². The van der Waals surface area contributed by atoms with Crippen LogP contribution in [-0.4, -0.2) is 89.0 Å². The van der Waals surface area contributed by atoms with Crippen molar-refractivity contribution in [3.63, 3.8) is 0 Å². The number of methoxy groups -OCH3 is 1. The average molecular weight is 581 g/mol. The van der Waals surface area contributed by atoms with Crippen LogP contribution in [0.5, 0.6) is 11.5 Å². The van der Waals surface area contributed by atoms with Gasteiger partial charge in [0.25, 0.3) is 5.91 Å². The van der Waals surface area contributed by atoms with Gasteiger partial charge in [0, 0.05) is 63.1 Å². The van der Waals surface area contributed by atoms with Gasteiger partial charge in [-0.15, -0.1) is 0 Å². The Labute approximate surface area is 240 Å². The van der Waals surface area contributed by atoms with Crippen molar-refractivity contribution < 1.29 is 22.7 Å². The van der Waals surface area contributed by atoms with Crippen LogP contribution < -0.4 is 9.47 Å². The standard InChI is InChI=1S/C29H36N6O5S/c1-32-24-10-5-4-9-23(24)27(31-32)29(36)34-14-6-7-17-35(41(3,37)38)19-20-40-26-21-22(11-12-25(26)39-2)28-30-13-18-33(28)15-8-16-34/h4-5,9-13,18,21H,6-8,14-17,19-20H2,1-3H3. The summed E-state index contributed by atoms with van der Waals surface area (Å²) in [6.07, 6.45) is 6.84. The predicted octanol–water partition coefficient (Wildman–Crippen LogP) is 3.41. The summed E-state index contributed by atoms with van der Waals surface area (Å²) in [4.78, 5) is 20.2. The molecule has 11 nitrogen and oxygen atoms in total. The second-order valence-corrected chi connectivity index (χ2v) is 12.1. The second kappa shape index (κ2) is 12.3. The predicted molar refractivity (Wildman–Crippen MR) is 157 cm³/mol. The average Bonchev–Trinajstić information content (AvgIpc) is 3.56. The third kappa shape index (κ3) is 6.38. The van der Waals surface area contributed by atoms with Gasteiger partial charge in [-0.05, 0) is 43.5 Å². The lowest BCUT2D eigenvalue weighted by atomic mass is 10.1. The Balaban J connectivity index is 1.44. The quantitative estimate of drug-likeness (QED) is 0.365. The molecule has 1 amide bonds. The van der Waals surface area contributed by atoms with Crippen LogP contribution in [-0.2, 0) is 23.6 Å². The van der Waals surface area contributed by atoms with E-state index in [0.717, 1.165) is 22.3 Å². The zero-order valence-corrected chi connectivity index (χ0v) is 24.5.